The summed E-state index contributed by atoms with van der Waals surface area (Å²) in [5, 5.41) is 9.57. The molecule has 0 fully saturated rings. The quantitative estimate of drug-likeness (QED) is 0.835. The molecule has 0 saturated heterocycles. The van der Waals surface area contributed by atoms with Crippen molar-refractivity contribution in [3.05, 3.63) is 23.8 Å². The summed E-state index contributed by atoms with van der Waals surface area (Å²) in [5.41, 5.74) is -0.130. The van der Waals surface area contributed by atoms with E-state index in [0.717, 1.165) is 12.1 Å². The number of hydrogen-bond donors (Lipinski definition) is 1. The molecule has 1 heterocycles. The van der Waals surface area contributed by atoms with Gasteiger partial charge in [0.25, 0.3) is 6.01 Å². The topological polar surface area (TPSA) is 38.0 Å². The molecule has 17 heavy (non-hydrogen) atoms. The van der Waals surface area contributed by atoms with Gasteiger partial charge in [-0.1, -0.05) is 0 Å². The normalized spacial score (nSPS) is 12.6. The van der Waals surface area contributed by atoms with Gasteiger partial charge in [-0.05, 0) is 32.0 Å². The van der Waals surface area contributed by atoms with Gasteiger partial charge < -0.3 is 5.11 Å². The van der Waals surface area contributed by atoms with E-state index in [2.05, 4.69) is 4.98 Å². The largest absolute Gasteiger partial charge is 0.480 e. The van der Waals surface area contributed by atoms with Crippen LogP contribution in [-0.2, 0) is 6.18 Å². The molecule has 2 rings (SSSR count). The first-order chi connectivity index (χ1) is 7.80. The van der Waals surface area contributed by atoms with Crippen molar-refractivity contribution in [3.63, 3.8) is 0 Å². The fourth-order valence-corrected chi connectivity index (χ4v) is 1.77. The second kappa shape index (κ2) is 3.65. The highest BCUT2D eigenvalue weighted by molar-refractivity contribution is 5.77. The Bertz CT molecular complexity index is 558. The molecule has 0 aliphatic carbocycles. The number of alkyl halides is 3. The summed E-state index contributed by atoms with van der Waals surface area (Å²) in [7, 11) is 0. The number of benzene rings is 1. The fourth-order valence-electron chi connectivity index (χ4n) is 1.77. The Labute approximate surface area is 95.5 Å². The van der Waals surface area contributed by atoms with Crippen LogP contribution in [0, 0.1) is 0 Å². The first-order valence-electron chi connectivity index (χ1n) is 5.09. The minimum absolute atomic E-state index is 0.0725. The Balaban J connectivity index is 2.66. The van der Waals surface area contributed by atoms with E-state index in [1.54, 1.807) is 0 Å². The average molecular weight is 244 g/mol. The second-order valence-electron chi connectivity index (χ2n) is 4.08. The Kier molecular flexibility index (Phi) is 2.52. The molecule has 0 aliphatic rings. The van der Waals surface area contributed by atoms with Gasteiger partial charge in [0.1, 0.15) is 0 Å². The smallest absolute Gasteiger partial charge is 0.416 e. The first kappa shape index (κ1) is 11.8. The molecule has 1 aromatic carbocycles. The molecule has 3 nitrogen and oxygen atoms in total. The predicted molar refractivity (Wildman–Crippen MR) is 56.8 cm³/mol. The highest BCUT2D eigenvalue weighted by Gasteiger charge is 2.31. The number of hydrogen-bond acceptors (Lipinski definition) is 2. The number of nitrogens with zero attached hydrogens (tertiary/aromatic N) is 2. The molecular weight excluding hydrogens is 233 g/mol. The summed E-state index contributed by atoms with van der Waals surface area (Å²) in [6, 6.07) is 2.91. The van der Waals surface area contributed by atoms with Crippen LogP contribution in [0.1, 0.15) is 25.5 Å². The van der Waals surface area contributed by atoms with Crippen LogP contribution in [0.25, 0.3) is 11.0 Å². The van der Waals surface area contributed by atoms with Gasteiger partial charge in [-0.2, -0.15) is 18.2 Å². The molecule has 0 aliphatic heterocycles. The molecule has 0 atom stereocenters. The summed E-state index contributed by atoms with van der Waals surface area (Å²) in [5.74, 6) is 0. The standard InChI is InChI=1S/C11H11F3N2O/c1-6(2)16-9-4-3-7(11(12,13)14)5-8(9)15-10(16)17/h3-6H,1-2H3,(H,15,17). The summed E-state index contributed by atoms with van der Waals surface area (Å²) in [4.78, 5) is 3.73. The number of rotatable bonds is 1. The van der Waals surface area contributed by atoms with Crippen LogP contribution >= 0.6 is 0 Å². The van der Waals surface area contributed by atoms with E-state index >= 15 is 0 Å². The molecule has 0 spiro atoms. The minimum atomic E-state index is -4.40. The molecule has 1 N–H and O–H groups in total. The molecule has 0 bridgehead atoms. The Hall–Kier alpha value is -1.72. The van der Waals surface area contributed by atoms with Crippen LogP contribution in [0.4, 0.5) is 13.2 Å². The molecule has 92 valence electrons. The van der Waals surface area contributed by atoms with Crippen molar-refractivity contribution >= 4 is 11.0 Å². The average Bonchev–Trinajstić information content (AvgIpc) is 2.50. The monoisotopic (exact) mass is 244 g/mol. The van der Waals surface area contributed by atoms with Gasteiger partial charge in [0.05, 0.1) is 16.6 Å². The van der Waals surface area contributed by atoms with Crippen molar-refractivity contribution in [2.45, 2.75) is 26.1 Å². The van der Waals surface area contributed by atoms with E-state index in [1.807, 2.05) is 13.8 Å². The van der Waals surface area contributed by atoms with Gasteiger partial charge >= 0.3 is 6.18 Å². The molecule has 6 heteroatoms. The third-order valence-corrected chi connectivity index (χ3v) is 2.51. The highest BCUT2D eigenvalue weighted by atomic mass is 19.4. The predicted octanol–water partition coefficient (Wildman–Crippen LogP) is 3.34. The molecule has 2 aromatic rings. The van der Waals surface area contributed by atoms with Crippen LogP contribution in [0.2, 0.25) is 0 Å². The van der Waals surface area contributed by atoms with Gasteiger partial charge in [-0.3, -0.25) is 4.57 Å². The maximum Gasteiger partial charge on any atom is 0.416 e. The zero-order chi connectivity index (χ0) is 12.8. The Morgan fingerprint density at radius 2 is 1.94 bits per heavy atom. The molecule has 0 radical (unpaired) electrons. The molecular formula is C11H11F3N2O. The zero-order valence-electron chi connectivity index (χ0n) is 9.28. The highest BCUT2D eigenvalue weighted by Crippen LogP contribution is 2.33. The van der Waals surface area contributed by atoms with Crippen LogP contribution < -0.4 is 0 Å². The third kappa shape index (κ3) is 1.94. The molecule has 0 saturated carbocycles. The van der Waals surface area contributed by atoms with Gasteiger partial charge in [-0.25, -0.2) is 0 Å². The number of fused-ring (bicyclic) bond motifs is 1. The van der Waals surface area contributed by atoms with Crippen molar-refractivity contribution < 1.29 is 18.3 Å². The van der Waals surface area contributed by atoms with Gasteiger partial charge in [0, 0.05) is 6.04 Å². The summed E-state index contributed by atoms with van der Waals surface area (Å²) in [6.07, 6.45) is -4.40. The number of halogens is 3. The maximum atomic E-state index is 12.5. The second-order valence-corrected chi connectivity index (χ2v) is 4.08. The van der Waals surface area contributed by atoms with E-state index in [9.17, 15) is 18.3 Å². The van der Waals surface area contributed by atoms with E-state index in [1.165, 1.54) is 10.6 Å². The van der Waals surface area contributed by atoms with Crippen LogP contribution in [0.15, 0.2) is 18.2 Å². The van der Waals surface area contributed by atoms with Crippen molar-refractivity contribution in [2.24, 2.45) is 0 Å². The molecule has 0 unspecified atom stereocenters. The molecule has 1 aromatic heterocycles. The van der Waals surface area contributed by atoms with E-state index < -0.39 is 11.7 Å². The lowest BCUT2D eigenvalue weighted by molar-refractivity contribution is -0.137. The van der Waals surface area contributed by atoms with Crippen LogP contribution in [0.5, 0.6) is 6.01 Å². The molecule has 0 amide bonds. The van der Waals surface area contributed by atoms with Crippen molar-refractivity contribution in [1.82, 2.24) is 9.55 Å². The summed E-state index contributed by atoms with van der Waals surface area (Å²) in [6.45, 7) is 3.64. The van der Waals surface area contributed by atoms with E-state index in [0.29, 0.717) is 5.52 Å². The number of imidazole rings is 1. The Morgan fingerprint density at radius 3 is 2.47 bits per heavy atom. The SMILES string of the molecule is CC(C)n1c(O)nc2cc(C(F)(F)F)ccc21. The lowest BCUT2D eigenvalue weighted by Gasteiger charge is -2.10. The Morgan fingerprint density at radius 1 is 1.29 bits per heavy atom. The van der Waals surface area contributed by atoms with Gasteiger partial charge in [-0.15, -0.1) is 0 Å². The van der Waals surface area contributed by atoms with Crippen molar-refractivity contribution in [2.75, 3.05) is 0 Å². The van der Waals surface area contributed by atoms with E-state index in [4.69, 9.17) is 0 Å². The van der Waals surface area contributed by atoms with E-state index in [-0.39, 0.29) is 17.6 Å². The zero-order valence-corrected chi connectivity index (χ0v) is 9.28. The summed E-state index contributed by atoms with van der Waals surface area (Å²) >= 11 is 0. The van der Waals surface area contributed by atoms with Crippen molar-refractivity contribution in [3.8, 4) is 6.01 Å². The van der Waals surface area contributed by atoms with Crippen molar-refractivity contribution in [1.29, 1.82) is 0 Å². The minimum Gasteiger partial charge on any atom is -0.480 e. The van der Waals surface area contributed by atoms with Crippen LogP contribution in [0.3, 0.4) is 0 Å². The van der Waals surface area contributed by atoms with Crippen LogP contribution in [-0.4, -0.2) is 14.7 Å². The lowest BCUT2D eigenvalue weighted by Crippen LogP contribution is -2.04. The fraction of sp³-hybridized carbons (Fsp3) is 0.364. The maximum absolute atomic E-state index is 12.5. The summed E-state index contributed by atoms with van der Waals surface area (Å²) < 4.78 is 38.9. The number of aromatic hydroxyl groups is 1. The first-order valence-corrected chi connectivity index (χ1v) is 5.09. The van der Waals surface area contributed by atoms with Gasteiger partial charge in [0.2, 0.25) is 0 Å². The lowest BCUT2D eigenvalue weighted by atomic mass is 10.2. The van der Waals surface area contributed by atoms with Gasteiger partial charge in [0.15, 0.2) is 0 Å². The third-order valence-electron chi connectivity index (χ3n) is 2.51. The number of aromatic nitrogens is 2.